The summed E-state index contributed by atoms with van der Waals surface area (Å²) in [5, 5.41) is 4.98. The number of ether oxygens (including phenoxy) is 2. The highest BCUT2D eigenvalue weighted by molar-refractivity contribution is 7.89. The number of benzene rings is 2. The standard InChI is InChI=1S/C29H38ClN3O7S.ClH/c1-29(2,3)40-28(36)31-23-10-6-19(7-11-23)27(35)32-13-14-33(24(18-32)17-26(34)39-4)41(37,38)25-12-8-20-15-22(30)9-5-21(20)16-25;/h5,8-9,12,15-16,19,23-24H,6-7,10-11,13-14,17-18H2,1-4H3,(H,31,36);1H. The van der Waals surface area contributed by atoms with Gasteiger partial charge in [0.1, 0.15) is 5.60 Å². The molecule has 10 nitrogen and oxygen atoms in total. The number of carbonyl (C=O) groups is 3. The number of hydrogen-bond acceptors (Lipinski definition) is 7. The first kappa shape index (κ1) is 33.9. The second kappa shape index (κ2) is 13.8. The second-order valence-electron chi connectivity index (χ2n) is 11.7. The maximum atomic E-state index is 13.8. The molecular formula is C29H39Cl2N3O7S. The molecule has 2 amide bonds. The van der Waals surface area contributed by atoms with Gasteiger partial charge in [-0.05, 0) is 81.5 Å². The lowest BCUT2D eigenvalue weighted by Crippen LogP contribution is -2.58. The van der Waals surface area contributed by atoms with Crippen LogP contribution in [0.15, 0.2) is 41.3 Å². The lowest BCUT2D eigenvalue weighted by Gasteiger charge is -2.42. The minimum absolute atomic E-state index is 0. The number of sulfonamides is 1. The van der Waals surface area contributed by atoms with Gasteiger partial charge in [-0.15, -0.1) is 12.4 Å². The molecule has 2 aromatic rings. The zero-order valence-electron chi connectivity index (χ0n) is 24.3. The van der Waals surface area contributed by atoms with Crippen molar-refractivity contribution >= 4 is 62.8 Å². The molecule has 1 aliphatic carbocycles. The fraction of sp³-hybridized carbons (Fsp3) is 0.552. The highest BCUT2D eigenvalue weighted by Crippen LogP contribution is 2.30. The Morgan fingerprint density at radius 3 is 2.29 bits per heavy atom. The smallest absolute Gasteiger partial charge is 0.407 e. The minimum atomic E-state index is -3.97. The van der Waals surface area contributed by atoms with Crippen LogP contribution in [0.2, 0.25) is 5.02 Å². The summed E-state index contributed by atoms with van der Waals surface area (Å²) < 4.78 is 39.0. The van der Waals surface area contributed by atoms with E-state index in [9.17, 15) is 22.8 Å². The average molecular weight is 645 g/mol. The molecule has 1 atom stereocenters. The number of piperazine rings is 1. The molecule has 0 aromatic heterocycles. The molecule has 2 aromatic carbocycles. The van der Waals surface area contributed by atoms with Crippen LogP contribution in [-0.2, 0) is 29.1 Å². The van der Waals surface area contributed by atoms with Crippen LogP contribution in [0.4, 0.5) is 4.79 Å². The Bertz CT molecular complexity index is 1410. The maximum Gasteiger partial charge on any atom is 0.407 e. The van der Waals surface area contributed by atoms with E-state index in [4.69, 9.17) is 21.1 Å². The van der Waals surface area contributed by atoms with E-state index in [-0.39, 0.29) is 61.2 Å². The fourth-order valence-electron chi connectivity index (χ4n) is 5.50. The topological polar surface area (TPSA) is 122 Å². The number of methoxy groups -OCH3 is 1. The van der Waals surface area contributed by atoms with Gasteiger partial charge in [-0.3, -0.25) is 9.59 Å². The van der Waals surface area contributed by atoms with Crippen LogP contribution in [0.5, 0.6) is 0 Å². The van der Waals surface area contributed by atoms with Crippen molar-refractivity contribution < 1.29 is 32.3 Å². The fourth-order valence-corrected chi connectivity index (χ4v) is 7.33. The number of carbonyl (C=O) groups excluding carboxylic acids is 3. The summed E-state index contributed by atoms with van der Waals surface area (Å²) >= 11 is 6.07. The van der Waals surface area contributed by atoms with E-state index in [0.29, 0.717) is 30.7 Å². The predicted molar refractivity (Wildman–Crippen MR) is 162 cm³/mol. The van der Waals surface area contributed by atoms with Gasteiger partial charge in [0.25, 0.3) is 0 Å². The van der Waals surface area contributed by atoms with Crippen LogP contribution in [0.1, 0.15) is 52.9 Å². The van der Waals surface area contributed by atoms with Crippen LogP contribution in [0.25, 0.3) is 10.8 Å². The molecule has 0 spiro atoms. The van der Waals surface area contributed by atoms with E-state index in [2.05, 4.69) is 5.32 Å². The third-order valence-electron chi connectivity index (χ3n) is 7.55. The van der Waals surface area contributed by atoms with Gasteiger partial charge in [-0.1, -0.05) is 23.7 Å². The Balaban J connectivity index is 0.00000484. The third-order valence-corrected chi connectivity index (χ3v) is 9.73. The van der Waals surface area contributed by atoms with E-state index in [1.807, 2.05) is 0 Å². The van der Waals surface area contributed by atoms with E-state index in [1.54, 1.807) is 56.0 Å². The molecule has 1 unspecified atom stereocenters. The van der Waals surface area contributed by atoms with Gasteiger partial charge < -0.3 is 19.7 Å². The quantitative estimate of drug-likeness (QED) is 0.450. The Kier molecular flexibility index (Phi) is 11.1. The minimum Gasteiger partial charge on any atom is -0.469 e. The van der Waals surface area contributed by atoms with Gasteiger partial charge in [-0.25, -0.2) is 13.2 Å². The molecule has 232 valence electrons. The maximum absolute atomic E-state index is 13.8. The summed E-state index contributed by atoms with van der Waals surface area (Å²) in [6.45, 7) is 5.78. The largest absolute Gasteiger partial charge is 0.469 e. The van der Waals surface area contributed by atoms with Gasteiger partial charge in [0.15, 0.2) is 0 Å². The van der Waals surface area contributed by atoms with Gasteiger partial charge in [0.2, 0.25) is 15.9 Å². The Labute approximate surface area is 258 Å². The highest BCUT2D eigenvalue weighted by Gasteiger charge is 2.40. The van der Waals surface area contributed by atoms with Crippen molar-refractivity contribution in [2.45, 2.75) is 75.5 Å². The molecule has 1 heterocycles. The number of fused-ring (bicyclic) bond motifs is 1. The molecule has 1 saturated heterocycles. The Hall–Kier alpha value is -2.60. The molecule has 2 aliphatic rings. The lowest BCUT2D eigenvalue weighted by atomic mass is 9.85. The van der Waals surface area contributed by atoms with Gasteiger partial charge in [0, 0.05) is 36.6 Å². The summed E-state index contributed by atoms with van der Waals surface area (Å²) in [5.74, 6) is -0.845. The van der Waals surface area contributed by atoms with Crippen LogP contribution in [0.3, 0.4) is 0 Å². The molecular weight excluding hydrogens is 605 g/mol. The van der Waals surface area contributed by atoms with E-state index in [1.165, 1.54) is 17.5 Å². The SMILES string of the molecule is COC(=O)CC1CN(C(=O)C2CCC(NC(=O)OC(C)(C)C)CC2)CCN1S(=O)(=O)c1ccc2cc(Cl)ccc2c1.Cl. The number of nitrogens with zero attached hydrogens (tertiary/aromatic N) is 2. The van der Waals surface area contributed by atoms with E-state index < -0.39 is 33.7 Å². The van der Waals surface area contributed by atoms with Crippen molar-refractivity contribution in [3.8, 4) is 0 Å². The summed E-state index contributed by atoms with van der Waals surface area (Å²) in [4.78, 5) is 39.7. The number of rotatable bonds is 6. The van der Waals surface area contributed by atoms with E-state index in [0.717, 1.165) is 10.8 Å². The van der Waals surface area contributed by atoms with Crippen molar-refractivity contribution in [1.82, 2.24) is 14.5 Å². The molecule has 13 heteroatoms. The zero-order chi connectivity index (χ0) is 29.9. The zero-order valence-corrected chi connectivity index (χ0v) is 26.7. The first-order valence-corrected chi connectivity index (χ1v) is 15.6. The van der Waals surface area contributed by atoms with Crippen molar-refractivity contribution in [3.63, 3.8) is 0 Å². The van der Waals surface area contributed by atoms with Crippen molar-refractivity contribution in [3.05, 3.63) is 41.4 Å². The summed E-state index contributed by atoms with van der Waals surface area (Å²) in [6, 6.07) is 9.22. The predicted octanol–water partition coefficient (Wildman–Crippen LogP) is 4.76. The molecule has 1 N–H and O–H groups in total. The summed E-state index contributed by atoms with van der Waals surface area (Å²) in [6.07, 6.45) is 1.84. The molecule has 0 radical (unpaired) electrons. The first-order chi connectivity index (χ1) is 19.3. The number of halogens is 2. The van der Waals surface area contributed by atoms with Crippen LogP contribution >= 0.6 is 24.0 Å². The second-order valence-corrected chi connectivity index (χ2v) is 14.0. The number of esters is 1. The summed E-state index contributed by atoms with van der Waals surface area (Å²) in [5.41, 5.74) is -0.587. The monoisotopic (exact) mass is 643 g/mol. The summed E-state index contributed by atoms with van der Waals surface area (Å²) in [7, 11) is -2.71. The molecule has 42 heavy (non-hydrogen) atoms. The van der Waals surface area contributed by atoms with Crippen LogP contribution in [-0.4, -0.2) is 80.0 Å². The normalized spacial score (nSPS) is 21.7. The number of amides is 2. The first-order valence-electron chi connectivity index (χ1n) is 13.8. The molecule has 1 aliphatic heterocycles. The number of alkyl carbamates (subject to hydrolysis) is 1. The van der Waals surface area contributed by atoms with Gasteiger partial charge in [0.05, 0.1) is 24.5 Å². The highest BCUT2D eigenvalue weighted by atomic mass is 35.5. The molecule has 4 rings (SSSR count). The van der Waals surface area contributed by atoms with Crippen molar-refractivity contribution in [2.75, 3.05) is 26.7 Å². The lowest BCUT2D eigenvalue weighted by molar-refractivity contribution is -0.145. The third kappa shape index (κ3) is 8.27. The molecule has 2 fully saturated rings. The van der Waals surface area contributed by atoms with Crippen LogP contribution in [0, 0.1) is 5.92 Å². The molecule has 1 saturated carbocycles. The van der Waals surface area contributed by atoms with Crippen molar-refractivity contribution in [2.24, 2.45) is 5.92 Å². The van der Waals surface area contributed by atoms with Gasteiger partial charge in [-0.2, -0.15) is 4.31 Å². The molecule has 0 bridgehead atoms. The van der Waals surface area contributed by atoms with Crippen LogP contribution < -0.4 is 5.32 Å². The van der Waals surface area contributed by atoms with Crippen molar-refractivity contribution in [1.29, 1.82) is 0 Å². The Morgan fingerprint density at radius 1 is 1.00 bits per heavy atom. The van der Waals surface area contributed by atoms with Gasteiger partial charge >= 0.3 is 12.1 Å². The average Bonchev–Trinajstić information content (AvgIpc) is 2.91. The number of nitrogens with one attached hydrogen (secondary N) is 1. The number of hydrogen-bond donors (Lipinski definition) is 1. The Morgan fingerprint density at radius 2 is 1.64 bits per heavy atom. The van der Waals surface area contributed by atoms with E-state index >= 15 is 0 Å².